The Balaban J connectivity index is 0.00000300. The third-order valence-corrected chi connectivity index (χ3v) is 5.45. The topological polar surface area (TPSA) is 77.0 Å². The number of nitrogens with one attached hydrogen (secondary N) is 2. The second-order valence-electron chi connectivity index (χ2n) is 7.83. The van der Waals surface area contributed by atoms with Crippen molar-refractivity contribution in [3.63, 3.8) is 0 Å². The minimum absolute atomic E-state index is 0. The van der Waals surface area contributed by atoms with Gasteiger partial charge in [0.05, 0.1) is 6.54 Å². The summed E-state index contributed by atoms with van der Waals surface area (Å²) in [5, 5.41) is 6.47. The van der Waals surface area contributed by atoms with Crippen LogP contribution >= 0.6 is 24.0 Å². The first-order chi connectivity index (χ1) is 13.5. The van der Waals surface area contributed by atoms with Crippen molar-refractivity contribution in [3.05, 3.63) is 35.4 Å². The van der Waals surface area contributed by atoms with Gasteiger partial charge in [-0.15, -0.1) is 24.0 Å². The van der Waals surface area contributed by atoms with Gasteiger partial charge >= 0.3 is 0 Å². The highest BCUT2D eigenvalue weighted by Crippen LogP contribution is 2.18. The smallest absolute Gasteiger partial charge is 0.242 e. The van der Waals surface area contributed by atoms with Gasteiger partial charge in [0.25, 0.3) is 0 Å². The minimum Gasteiger partial charge on any atom is -0.352 e. The molecule has 8 heteroatoms. The molecule has 2 aliphatic rings. The zero-order valence-electron chi connectivity index (χ0n) is 17.5. The van der Waals surface area contributed by atoms with Gasteiger partial charge in [0.1, 0.15) is 0 Å². The monoisotopic (exact) mass is 513 g/mol. The van der Waals surface area contributed by atoms with Crippen LogP contribution in [0.3, 0.4) is 0 Å². The number of carbonyl (C=O) groups is 2. The first-order valence-electron chi connectivity index (χ1n) is 10.1. The molecule has 2 amide bonds. The van der Waals surface area contributed by atoms with Gasteiger partial charge in [-0.1, -0.05) is 38.1 Å². The quantitative estimate of drug-likeness (QED) is 0.365. The molecule has 2 heterocycles. The molecular formula is C21H32IN5O2. The molecule has 1 saturated heterocycles. The summed E-state index contributed by atoms with van der Waals surface area (Å²) in [6.45, 7) is 6.91. The van der Waals surface area contributed by atoms with E-state index in [4.69, 9.17) is 0 Å². The fourth-order valence-corrected chi connectivity index (χ4v) is 3.81. The molecule has 0 bridgehead atoms. The molecule has 0 spiro atoms. The van der Waals surface area contributed by atoms with Crippen LogP contribution in [0.5, 0.6) is 0 Å². The molecule has 0 radical (unpaired) electrons. The summed E-state index contributed by atoms with van der Waals surface area (Å²) in [7, 11) is 1.70. The summed E-state index contributed by atoms with van der Waals surface area (Å²) < 4.78 is 0. The number of nitrogens with zero attached hydrogens (tertiary/aromatic N) is 3. The highest BCUT2D eigenvalue weighted by atomic mass is 127. The van der Waals surface area contributed by atoms with Gasteiger partial charge in [0.2, 0.25) is 11.8 Å². The van der Waals surface area contributed by atoms with Crippen molar-refractivity contribution in [2.75, 3.05) is 33.2 Å². The van der Waals surface area contributed by atoms with Gasteiger partial charge in [0, 0.05) is 45.2 Å². The Morgan fingerprint density at radius 1 is 1.17 bits per heavy atom. The first-order valence-corrected chi connectivity index (χ1v) is 10.1. The zero-order valence-corrected chi connectivity index (χ0v) is 19.8. The standard InChI is InChI=1S/C21H31N5O2.HI/c1-15(2)20(28)26-11-9-18(14-26)24-21(22-3)23-12-19(27)25-10-8-16-6-4-5-7-17(16)13-25;/h4-7,15,18H,8-14H2,1-3H3,(H2,22,23,24);1H. The maximum Gasteiger partial charge on any atom is 0.242 e. The van der Waals surface area contributed by atoms with Gasteiger partial charge in [-0.05, 0) is 24.0 Å². The number of likely N-dealkylation sites (tertiary alicyclic amines) is 1. The Kier molecular flexibility index (Phi) is 8.73. The molecular weight excluding hydrogens is 481 g/mol. The Bertz CT molecular complexity index is 752. The molecule has 29 heavy (non-hydrogen) atoms. The molecule has 1 fully saturated rings. The number of amides is 2. The summed E-state index contributed by atoms with van der Waals surface area (Å²) in [4.78, 5) is 32.8. The second kappa shape index (κ2) is 10.8. The molecule has 2 N–H and O–H groups in total. The lowest BCUT2D eigenvalue weighted by Crippen LogP contribution is -2.49. The fourth-order valence-electron chi connectivity index (χ4n) is 3.81. The van der Waals surface area contributed by atoms with Crippen molar-refractivity contribution in [2.24, 2.45) is 10.9 Å². The van der Waals surface area contributed by atoms with E-state index in [1.807, 2.05) is 35.8 Å². The molecule has 1 aromatic carbocycles. The maximum atomic E-state index is 12.6. The third kappa shape index (κ3) is 6.07. The highest BCUT2D eigenvalue weighted by molar-refractivity contribution is 14.0. The summed E-state index contributed by atoms with van der Waals surface area (Å²) >= 11 is 0. The van der Waals surface area contributed by atoms with Crippen LogP contribution in [-0.4, -0.2) is 66.8 Å². The van der Waals surface area contributed by atoms with E-state index in [-0.39, 0.29) is 54.3 Å². The molecule has 160 valence electrons. The first kappa shape index (κ1) is 23.4. The normalized spacial score (nSPS) is 18.9. The third-order valence-electron chi connectivity index (χ3n) is 5.45. The molecule has 0 aliphatic carbocycles. The summed E-state index contributed by atoms with van der Waals surface area (Å²) in [5.74, 6) is 0.881. The number of carbonyl (C=O) groups excluding carboxylic acids is 2. The van der Waals surface area contributed by atoms with E-state index in [9.17, 15) is 9.59 Å². The Hall–Kier alpha value is -1.84. The van der Waals surface area contributed by atoms with E-state index in [0.717, 1.165) is 25.9 Å². The largest absolute Gasteiger partial charge is 0.352 e. The average molecular weight is 513 g/mol. The number of halogens is 1. The van der Waals surface area contributed by atoms with Crippen LogP contribution < -0.4 is 10.6 Å². The van der Waals surface area contributed by atoms with Gasteiger partial charge in [-0.2, -0.15) is 0 Å². The van der Waals surface area contributed by atoms with E-state index in [1.165, 1.54) is 11.1 Å². The Labute approximate surface area is 190 Å². The van der Waals surface area contributed by atoms with Crippen molar-refractivity contribution in [3.8, 4) is 0 Å². The van der Waals surface area contributed by atoms with Crippen LogP contribution in [-0.2, 0) is 22.6 Å². The average Bonchev–Trinajstić information content (AvgIpc) is 3.18. The number of rotatable bonds is 4. The lowest BCUT2D eigenvalue weighted by molar-refractivity contribution is -0.133. The van der Waals surface area contributed by atoms with Crippen molar-refractivity contribution in [1.82, 2.24) is 20.4 Å². The summed E-state index contributed by atoms with van der Waals surface area (Å²) in [6, 6.07) is 8.45. The predicted molar refractivity (Wildman–Crippen MR) is 125 cm³/mol. The van der Waals surface area contributed by atoms with E-state index >= 15 is 0 Å². The Morgan fingerprint density at radius 3 is 2.59 bits per heavy atom. The van der Waals surface area contributed by atoms with Crippen LogP contribution in [0.4, 0.5) is 0 Å². The molecule has 1 atom stereocenters. The second-order valence-corrected chi connectivity index (χ2v) is 7.83. The highest BCUT2D eigenvalue weighted by Gasteiger charge is 2.28. The van der Waals surface area contributed by atoms with E-state index in [1.54, 1.807) is 7.05 Å². The number of fused-ring (bicyclic) bond motifs is 1. The van der Waals surface area contributed by atoms with Gasteiger partial charge < -0.3 is 20.4 Å². The molecule has 0 saturated carbocycles. The van der Waals surface area contributed by atoms with Crippen molar-refractivity contribution < 1.29 is 9.59 Å². The lowest BCUT2D eigenvalue weighted by atomic mass is 10.00. The molecule has 0 aromatic heterocycles. The number of benzene rings is 1. The molecule has 1 aromatic rings. The van der Waals surface area contributed by atoms with Gasteiger partial charge in [-0.25, -0.2) is 0 Å². The summed E-state index contributed by atoms with van der Waals surface area (Å²) in [5.41, 5.74) is 2.56. The zero-order chi connectivity index (χ0) is 20.1. The van der Waals surface area contributed by atoms with Crippen molar-refractivity contribution >= 4 is 41.8 Å². The van der Waals surface area contributed by atoms with E-state index in [2.05, 4.69) is 27.8 Å². The SMILES string of the molecule is CN=C(NCC(=O)N1CCc2ccccc2C1)NC1CCN(C(=O)C(C)C)C1.I. The maximum absolute atomic E-state index is 12.6. The summed E-state index contributed by atoms with van der Waals surface area (Å²) in [6.07, 6.45) is 1.78. The Morgan fingerprint density at radius 2 is 1.90 bits per heavy atom. The molecule has 3 rings (SSSR count). The van der Waals surface area contributed by atoms with Crippen LogP contribution in [0.1, 0.15) is 31.4 Å². The van der Waals surface area contributed by atoms with Crippen molar-refractivity contribution in [2.45, 2.75) is 39.3 Å². The number of guanidine groups is 1. The molecule has 7 nitrogen and oxygen atoms in total. The number of hydrogen-bond acceptors (Lipinski definition) is 3. The number of aliphatic imine (C=N–C) groups is 1. The van der Waals surface area contributed by atoms with Gasteiger partial charge in [-0.3, -0.25) is 14.6 Å². The van der Waals surface area contributed by atoms with Crippen LogP contribution in [0.25, 0.3) is 0 Å². The van der Waals surface area contributed by atoms with Gasteiger partial charge in [0.15, 0.2) is 5.96 Å². The predicted octanol–water partition coefficient (Wildman–Crippen LogP) is 1.61. The molecule has 1 unspecified atom stereocenters. The molecule has 2 aliphatic heterocycles. The fraction of sp³-hybridized carbons (Fsp3) is 0.571. The van der Waals surface area contributed by atoms with Crippen LogP contribution in [0, 0.1) is 5.92 Å². The van der Waals surface area contributed by atoms with Crippen LogP contribution in [0.2, 0.25) is 0 Å². The minimum atomic E-state index is 0. The lowest BCUT2D eigenvalue weighted by Gasteiger charge is -2.29. The van der Waals surface area contributed by atoms with Crippen LogP contribution in [0.15, 0.2) is 29.3 Å². The number of hydrogen-bond donors (Lipinski definition) is 2. The van der Waals surface area contributed by atoms with E-state index in [0.29, 0.717) is 19.0 Å². The van der Waals surface area contributed by atoms with E-state index < -0.39 is 0 Å². The van der Waals surface area contributed by atoms with Crippen molar-refractivity contribution in [1.29, 1.82) is 0 Å².